The van der Waals surface area contributed by atoms with Crippen LogP contribution in [0.1, 0.15) is 0 Å². The molecule has 0 bridgehead atoms. The maximum atomic E-state index is 8.57. The molecule has 0 unspecified atom stereocenters. The van der Waals surface area contributed by atoms with Crippen molar-refractivity contribution in [3.63, 3.8) is 0 Å². The Balaban J connectivity index is -0.00000000300. The lowest BCUT2D eigenvalue weighted by Crippen LogP contribution is -4.05. The Morgan fingerprint density at radius 2 is 0.500 bits per heavy atom. The van der Waals surface area contributed by atoms with Gasteiger partial charge in [-0.05, 0) is 0 Å². The maximum absolute atomic E-state index is 8.57. The third-order valence-electron chi connectivity index (χ3n) is 0. The summed E-state index contributed by atoms with van der Waals surface area (Å²) in [6.07, 6.45) is 0. The van der Waals surface area contributed by atoms with Crippen molar-refractivity contribution in [3.8, 4) is 0 Å². The standard InChI is InChI=1S/IO3.6H2O/c2-1(3)4;;;;;;/h;6*1H2/q-1;;;;;;. The van der Waals surface area contributed by atoms with Gasteiger partial charge in [-0.25, -0.2) is 0 Å². The summed E-state index contributed by atoms with van der Waals surface area (Å²) in [5, 5.41) is 0. The largest absolute Gasteiger partial charge is 0.427 e. The molecule has 0 atom stereocenters. The van der Waals surface area contributed by atoms with Crippen molar-refractivity contribution < 1.29 is 64.2 Å². The van der Waals surface area contributed by atoms with E-state index in [4.69, 9.17) is 10.3 Å². The van der Waals surface area contributed by atoms with Crippen molar-refractivity contribution >= 4 is 0 Å². The Morgan fingerprint density at radius 1 is 0.500 bits per heavy atom. The van der Waals surface area contributed by atoms with Crippen LogP contribution < -0.4 is 31.4 Å². The lowest BCUT2D eigenvalue weighted by atomic mass is 16.0. The quantitative estimate of drug-likeness (QED) is 0.392. The van der Waals surface area contributed by atoms with E-state index in [-0.39, 0.29) is 32.9 Å². The Kier molecular flexibility index (Phi) is 463. The van der Waals surface area contributed by atoms with Gasteiger partial charge in [0.1, 0.15) is 0 Å². The minimum Gasteiger partial charge on any atom is -0.427 e. The van der Waals surface area contributed by atoms with E-state index < -0.39 is 21.1 Å². The summed E-state index contributed by atoms with van der Waals surface area (Å²) in [7, 11) is 0. The van der Waals surface area contributed by atoms with Gasteiger partial charge in [0, 0.05) is 0 Å². The van der Waals surface area contributed by atoms with Crippen LogP contribution in [0.3, 0.4) is 0 Å². The fourth-order valence-corrected chi connectivity index (χ4v) is 0. The first-order chi connectivity index (χ1) is 1.73. The fraction of sp³-hybridized carbons (Fsp3) is 0. The highest BCUT2D eigenvalue weighted by Crippen LogP contribution is -0.137. The molecule has 0 aliphatic carbocycles. The van der Waals surface area contributed by atoms with Crippen LogP contribution in [0.5, 0.6) is 0 Å². The topological polar surface area (TPSA) is 258 Å². The Labute approximate surface area is 64.8 Å². The molecular formula is H12IO9-. The van der Waals surface area contributed by atoms with Crippen molar-refractivity contribution in [2.45, 2.75) is 0 Å². The van der Waals surface area contributed by atoms with E-state index in [1.54, 1.807) is 0 Å². The van der Waals surface area contributed by atoms with Gasteiger partial charge < -0.3 is 43.2 Å². The molecule has 74 valence electrons. The smallest absolute Gasteiger partial charge is 0.282 e. The number of rotatable bonds is 0. The molecule has 12 N–H and O–H groups in total. The summed E-state index contributed by atoms with van der Waals surface area (Å²) >= 11 is -4.01. The Hall–Kier alpha value is 0.370. The van der Waals surface area contributed by atoms with Crippen LogP contribution in [0.25, 0.3) is 0 Å². The van der Waals surface area contributed by atoms with E-state index in [0.29, 0.717) is 0 Å². The molecule has 0 amide bonds. The average molecular weight is 283 g/mol. The van der Waals surface area contributed by atoms with E-state index in [0.717, 1.165) is 0 Å². The highest BCUT2D eigenvalue weighted by molar-refractivity contribution is 1.73. The zero-order valence-corrected chi connectivity index (χ0v) is 6.76. The van der Waals surface area contributed by atoms with E-state index in [1.807, 2.05) is 0 Å². The van der Waals surface area contributed by atoms with E-state index in [2.05, 4.69) is 0 Å². The third-order valence-corrected chi connectivity index (χ3v) is 0. The molecule has 0 radical (unpaired) electrons. The highest BCUT2D eigenvalue weighted by atomic mass is 127. The summed E-state index contributed by atoms with van der Waals surface area (Å²) < 4.78 is 25.7. The van der Waals surface area contributed by atoms with Gasteiger partial charge in [0.25, 0.3) is 21.1 Å². The molecular weight excluding hydrogens is 271 g/mol. The summed E-state index contributed by atoms with van der Waals surface area (Å²) in [5.41, 5.74) is 0. The van der Waals surface area contributed by atoms with Crippen molar-refractivity contribution in [2.75, 3.05) is 0 Å². The van der Waals surface area contributed by atoms with Crippen molar-refractivity contribution in [3.05, 3.63) is 0 Å². The zero-order valence-electron chi connectivity index (χ0n) is 4.60. The van der Waals surface area contributed by atoms with Crippen molar-refractivity contribution in [1.82, 2.24) is 0 Å². The first-order valence-electron chi connectivity index (χ1n) is 0.463. The lowest BCUT2D eigenvalue weighted by Gasteiger charge is -1.84. The maximum Gasteiger partial charge on any atom is 0.282 e. The van der Waals surface area contributed by atoms with Gasteiger partial charge in [-0.3, -0.25) is 0 Å². The Morgan fingerprint density at radius 3 is 0.500 bits per heavy atom. The molecule has 0 saturated carbocycles. The monoisotopic (exact) mass is 283 g/mol. The average Bonchev–Trinajstić information content (AvgIpc) is 0.811. The van der Waals surface area contributed by atoms with Crippen LogP contribution in [0.2, 0.25) is 0 Å². The predicted octanol–water partition coefficient (Wildman–Crippen LogP) is -11.5. The van der Waals surface area contributed by atoms with E-state index in [9.17, 15) is 0 Å². The fourth-order valence-electron chi connectivity index (χ4n) is 0. The van der Waals surface area contributed by atoms with Crippen molar-refractivity contribution in [2.24, 2.45) is 0 Å². The van der Waals surface area contributed by atoms with Gasteiger partial charge in [0.05, 0.1) is 0 Å². The highest BCUT2D eigenvalue weighted by Gasteiger charge is 1.70. The molecule has 0 aromatic rings. The molecule has 0 aromatic heterocycles. The van der Waals surface area contributed by atoms with Crippen LogP contribution in [-0.2, 0) is 0 Å². The Bertz CT molecular complexity index is 9.44. The van der Waals surface area contributed by atoms with Crippen LogP contribution in [0.15, 0.2) is 0 Å². The number of hydrogen-bond acceptors (Lipinski definition) is 3. The summed E-state index contributed by atoms with van der Waals surface area (Å²) in [6, 6.07) is 0. The first-order valence-corrected chi connectivity index (χ1v) is 3.11. The van der Waals surface area contributed by atoms with E-state index >= 15 is 0 Å². The predicted molar refractivity (Wildman–Crippen MR) is 21.7 cm³/mol. The van der Waals surface area contributed by atoms with Crippen LogP contribution in [0.4, 0.5) is 0 Å². The summed E-state index contributed by atoms with van der Waals surface area (Å²) in [5.74, 6) is 0. The van der Waals surface area contributed by atoms with Gasteiger partial charge in [-0.15, -0.1) is 0 Å². The van der Waals surface area contributed by atoms with Crippen LogP contribution >= 0.6 is 0 Å². The second-order valence-corrected chi connectivity index (χ2v) is 1.27. The van der Waals surface area contributed by atoms with Gasteiger partial charge >= 0.3 is 0 Å². The SMILES string of the molecule is O.O.O.O.O.O.[O-][I+2]([O-])[O-]. The molecule has 0 fully saturated rings. The molecule has 0 aliphatic heterocycles. The van der Waals surface area contributed by atoms with Crippen LogP contribution in [-0.4, -0.2) is 32.9 Å². The molecule has 10 heteroatoms. The molecule has 9 nitrogen and oxygen atoms in total. The second-order valence-electron chi connectivity index (χ2n) is 0.189. The molecule has 0 rings (SSSR count). The number of halogens is 1. The molecule has 10 heavy (non-hydrogen) atoms. The second kappa shape index (κ2) is 57.8. The van der Waals surface area contributed by atoms with Gasteiger partial charge in [0.2, 0.25) is 0 Å². The first kappa shape index (κ1) is 80.2. The molecule has 0 spiro atoms. The molecule has 0 aromatic carbocycles. The van der Waals surface area contributed by atoms with Gasteiger partial charge in [0.15, 0.2) is 0 Å². The van der Waals surface area contributed by atoms with E-state index in [1.165, 1.54) is 0 Å². The van der Waals surface area contributed by atoms with Gasteiger partial charge in [-0.1, -0.05) is 0 Å². The van der Waals surface area contributed by atoms with Gasteiger partial charge in [-0.2, -0.15) is 0 Å². The third kappa shape index (κ3) is 3320. The molecule has 0 aliphatic rings. The molecule has 0 heterocycles. The summed E-state index contributed by atoms with van der Waals surface area (Å²) in [4.78, 5) is 0. The van der Waals surface area contributed by atoms with Crippen LogP contribution in [0, 0.1) is 0 Å². The summed E-state index contributed by atoms with van der Waals surface area (Å²) in [6.45, 7) is 0. The number of hydrogen-bond donors (Lipinski definition) is 0. The minimum absolute atomic E-state index is 0. The zero-order chi connectivity index (χ0) is 3.58. The normalized spacial score (nSPS) is 3.60. The molecule has 0 saturated heterocycles. The lowest BCUT2D eigenvalue weighted by molar-refractivity contribution is -1.73. The minimum atomic E-state index is -4.01. The van der Waals surface area contributed by atoms with Crippen molar-refractivity contribution in [1.29, 1.82) is 0 Å².